The third-order valence-electron chi connectivity index (χ3n) is 2.34. The average Bonchev–Trinajstić information content (AvgIpc) is 2.37. The van der Waals surface area contributed by atoms with Crippen LogP contribution < -0.4 is 0 Å². The fourth-order valence-electron chi connectivity index (χ4n) is 1.47. The summed E-state index contributed by atoms with van der Waals surface area (Å²) in [6.45, 7) is 0. The zero-order valence-electron chi connectivity index (χ0n) is 9.01. The van der Waals surface area contributed by atoms with E-state index in [0.29, 0.717) is 5.56 Å². The van der Waals surface area contributed by atoms with Crippen LogP contribution in [0.25, 0.3) is 0 Å². The van der Waals surface area contributed by atoms with E-state index < -0.39 is 12.2 Å². The molecule has 2 atom stereocenters. The Bertz CT molecular complexity index is 442. The van der Waals surface area contributed by atoms with Crippen LogP contribution in [0.4, 0.5) is 0 Å². The SMILES string of the molecule is N#CCC(=O)c1ccccc1C(O)C(O)CBr. The number of halogens is 1. The number of ketones is 1. The highest BCUT2D eigenvalue weighted by Crippen LogP contribution is 2.23. The van der Waals surface area contributed by atoms with Gasteiger partial charge in [0.1, 0.15) is 6.10 Å². The van der Waals surface area contributed by atoms with Crippen molar-refractivity contribution in [2.45, 2.75) is 18.6 Å². The zero-order chi connectivity index (χ0) is 12.8. The molecule has 0 heterocycles. The lowest BCUT2D eigenvalue weighted by Gasteiger charge is -2.18. The highest BCUT2D eigenvalue weighted by Gasteiger charge is 2.22. The number of nitrogens with zero attached hydrogens (tertiary/aromatic N) is 1. The molecular weight excluding hydrogens is 286 g/mol. The van der Waals surface area contributed by atoms with Gasteiger partial charge in [-0.25, -0.2) is 0 Å². The van der Waals surface area contributed by atoms with Crippen LogP contribution >= 0.6 is 15.9 Å². The van der Waals surface area contributed by atoms with Gasteiger partial charge in [-0.3, -0.25) is 4.79 Å². The number of alkyl halides is 1. The van der Waals surface area contributed by atoms with E-state index in [4.69, 9.17) is 5.26 Å². The van der Waals surface area contributed by atoms with Crippen molar-refractivity contribution in [2.24, 2.45) is 0 Å². The minimum atomic E-state index is -1.15. The molecule has 0 spiro atoms. The largest absolute Gasteiger partial charge is 0.389 e. The van der Waals surface area contributed by atoms with Crippen molar-refractivity contribution in [3.63, 3.8) is 0 Å². The van der Waals surface area contributed by atoms with Crippen molar-refractivity contribution in [2.75, 3.05) is 5.33 Å². The Morgan fingerprint density at radius 1 is 1.41 bits per heavy atom. The van der Waals surface area contributed by atoms with Crippen LogP contribution in [-0.2, 0) is 0 Å². The maximum absolute atomic E-state index is 11.7. The van der Waals surface area contributed by atoms with Gasteiger partial charge in [0.05, 0.1) is 18.6 Å². The van der Waals surface area contributed by atoms with Crippen molar-refractivity contribution < 1.29 is 15.0 Å². The lowest BCUT2D eigenvalue weighted by molar-refractivity contribution is 0.0336. The van der Waals surface area contributed by atoms with E-state index in [1.807, 2.05) is 0 Å². The second-order valence-electron chi connectivity index (χ2n) is 3.51. The molecule has 0 amide bonds. The molecule has 0 bridgehead atoms. The van der Waals surface area contributed by atoms with Crippen LogP contribution in [0, 0.1) is 11.3 Å². The maximum atomic E-state index is 11.7. The Morgan fingerprint density at radius 2 is 2.06 bits per heavy atom. The fraction of sp³-hybridized carbons (Fsp3) is 0.333. The van der Waals surface area contributed by atoms with E-state index in [2.05, 4.69) is 15.9 Å². The van der Waals surface area contributed by atoms with E-state index >= 15 is 0 Å². The summed E-state index contributed by atoms with van der Waals surface area (Å²) in [6.07, 6.45) is -2.38. The number of carbonyl (C=O) groups excluding carboxylic acids is 1. The summed E-state index contributed by atoms with van der Waals surface area (Å²) in [7, 11) is 0. The number of aliphatic hydroxyl groups is 2. The normalized spacial score (nSPS) is 13.8. The van der Waals surface area contributed by atoms with Gasteiger partial charge in [0.25, 0.3) is 0 Å². The predicted molar refractivity (Wildman–Crippen MR) is 65.8 cm³/mol. The first kappa shape index (κ1) is 13.8. The second-order valence-corrected chi connectivity index (χ2v) is 4.16. The minimum absolute atomic E-state index is 0.203. The van der Waals surface area contributed by atoms with Gasteiger partial charge < -0.3 is 10.2 Å². The molecule has 0 radical (unpaired) electrons. The molecule has 0 aliphatic carbocycles. The molecule has 0 fully saturated rings. The molecule has 90 valence electrons. The van der Waals surface area contributed by atoms with Gasteiger partial charge in [-0.05, 0) is 5.56 Å². The van der Waals surface area contributed by atoms with E-state index in [1.54, 1.807) is 30.3 Å². The third-order valence-corrected chi connectivity index (χ3v) is 3.01. The molecule has 0 saturated carbocycles. The summed E-state index contributed by atoms with van der Waals surface area (Å²) in [5, 5.41) is 28.1. The molecule has 4 nitrogen and oxygen atoms in total. The summed E-state index contributed by atoms with van der Waals surface area (Å²) in [5.41, 5.74) is 0.626. The Labute approximate surface area is 108 Å². The molecule has 5 heteroatoms. The van der Waals surface area contributed by atoms with Crippen molar-refractivity contribution in [1.29, 1.82) is 5.26 Å². The Kier molecular flexibility index (Phi) is 5.29. The standard InChI is InChI=1S/C12H12BrNO3/c13-7-11(16)12(17)9-4-2-1-3-8(9)10(15)5-6-14/h1-4,11-12,16-17H,5,7H2. The minimum Gasteiger partial charge on any atom is -0.389 e. The maximum Gasteiger partial charge on any atom is 0.177 e. The highest BCUT2D eigenvalue weighted by atomic mass is 79.9. The molecule has 2 N–H and O–H groups in total. The lowest BCUT2D eigenvalue weighted by Crippen LogP contribution is -2.21. The van der Waals surface area contributed by atoms with Crippen LogP contribution in [0.5, 0.6) is 0 Å². The number of nitriles is 1. The first-order valence-corrected chi connectivity index (χ1v) is 6.15. The van der Waals surface area contributed by atoms with Gasteiger partial charge in [0.2, 0.25) is 0 Å². The monoisotopic (exact) mass is 297 g/mol. The van der Waals surface area contributed by atoms with Crippen LogP contribution in [-0.4, -0.2) is 27.4 Å². The van der Waals surface area contributed by atoms with Gasteiger partial charge in [-0.1, -0.05) is 40.2 Å². The number of carbonyl (C=O) groups is 1. The molecule has 0 saturated heterocycles. The number of hydrogen-bond donors (Lipinski definition) is 2. The molecule has 17 heavy (non-hydrogen) atoms. The molecule has 0 aliphatic heterocycles. The van der Waals surface area contributed by atoms with Crippen molar-refractivity contribution in [1.82, 2.24) is 0 Å². The lowest BCUT2D eigenvalue weighted by atomic mass is 9.96. The van der Waals surface area contributed by atoms with Gasteiger partial charge in [0.15, 0.2) is 5.78 Å². The van der Waals surface area contributed by atoms with Gasteiger partial charge in [-0.2, -0.15) is 5.26 Å². The first-order chi connectivity index (χ1) is 8.11. The smallest absolute Gasteiger partial charge is 0.177 e. The van der Waals surface area contributed by atoms with E-state index in [1.165, 1.54) is 0 Å². The van der Waals surface area contributed by atoms with Crippen molar-refractivity contribution in [3.05, 3.63) is 35.4 Å². The molecule has 2 unspecified atom stereocenters. The van der Waals surface area contributed by atoms with E-state index in [0.717, 1.165) is 0 Å². The quantitative estimate of drug-likeness (QED) is 0.638. The molecule has 0 aromatic heterocycles. The third kappa shape index (κ3) is 3.37. The number of hydrogen-bond acceptors (Lipinski definition) is 4. The van der Waals surface area contributed by atoms with Crippen molar-refractivity contribution >= 4 is 21.7 Å². The van der Waals surface area contributed by atoms with Crippen molar-refractivity contribution in [3.8, 4) is 6.07 Å². The number of benzene rings is 1. The van der Waals surface area contributed by atoms with Gasteiger partial charge >= 0.3 is 0 Å². The molecule has 0 aliphatic rings. The number of Topliss-reactive ketones (excluding diaryl/α,β-unsaturated/α-hetero) is 1. The summed E-state index contributed by atoms with van der Waals surface area (Å²) in [4.78, 5) is 11.7. The van der Waals surface area contributed by atoms with Gasteiger partial charge in [0, 0.05) is 10.9 Å². The van der Waals surface area contributed by atoms with Crippen LogP contribution in [0.3, 0.4) is 0 Å². The fourth-order valence-corrected chi connectivity index (χ4v) is 1.82. The second kappa shape index (κ2) is 6.50. The van der Waals surface area contributed by atoms with Crippen LogP contribution in [0.1, 0.15) is 28.4 Å². The van der Waals surface area contributed by atoms with E-state index in [9.17, 15) is 15.0 Å². The molecular formula is C12H12BrNO3. The van der Waals surface area contributed by atoms with Crippen LogP contribution in [0.15, 0.2) is 24.3 Å². The van der Waals surface area contributed by atoms with Gasteiger partial charge in [-0.15, -0.1) is 0 Å². The Hall–Kier alpha value is -1.22. The highest BCUT2D eigenvalue weighted by molar-refractivity contribution is 9.09. The zero-order valence-corrected chi connectivity index (χ0v) is 10.6. The van der Waals surface area contributed by atoms with Crippen LogP contribution in [0.2, 0.25) is 0 Å². The Balaban J connectivity index is 3.08. The Morgan fingerprint density at radius 3 is 2.65 bits per heavy atom. The molecule has 1 rings (SSSR count). The predicted octanol–water partition coefficient (Wildman–Crippen LogP) is 1.57. The molecule has 1 aromatic carbocycles. The summed E-state index contributed by atoms with van der Waals surface area (Å²) < 4.78 is 0. The first-order valence-electron chi connectivity index (χ1n) is 5.03. The summed E-state index contributed by atoms with van der Waals surface area (Å²) >= 11 is 3.06. The topological polar surface area (TPSA) is 81.3 Å². The summed E-state index contributed by atoms with van der Waals surface area (Å²) in [5.74, 6) is -0.357. The number of rotatable bonds is 5. The van der Waals surface area contributed by atoms with E-state index in [-0.39, 0.29) is 23.1 Å². The average molecular weight is 298 g/mol. The summed E-state index contributed by atoms with van der Waals surface area (Å²) in [6, 6.07) is 8.21. The number of aliphatic hydroxyl groups excluding tert-OH is 2. The molecule has 1 aromatic rings.